The highest BCUT2D eigenvalue weighted by Crippen LogP contribution is 2.26. The number of aliphatic hydroxyl groups is 5. The van der Waals surface area contributed by atoms with Gasteiger partial charge in [0.05, 0.1) is 13.2 Å². The number of hydrogen-bond donors (Lipinski definition) is 5. The molecule has 1 aliphatic heterocycles. The summed E-state index contributed by atoms with van der Waals surface area (Å²) in [7, 11) is 0. The van der Waals surface area contributed by atoms with Crippen molar-refractivity contribution in [2.24, 2.45) is 0 Å². The molecule has 1 aliphatic rings. The van der Waals surface area contributed by atoms with Gasteiger partial charge < -0.3 is 35.0 Å². The molecule has 0 aliphatic carbocycles. The molecule has 1 saturated heterocycles. The summed E-state index contributed by atoms with van der Waals surface area (Å²) in [6.45, 7) is 9.16. The van der Waals surface area contributed by atoms with E-state index in [1.54, 1.807) is 25.1 Å². The van der Waals surface area contributed by atoms with E-state index in [1.165, 1.54) is 0 Å². The van der Waals surface area contributed by atoms with Crippen molar-refractivity contribution in [3.63, 3.8) is 0 Å². The van der Waals surface area contributed by atoms with Gasteiger partial charge in [-0.25, -0.2) is 0 Å². The average Bonchev–Trinajstić information content (AvgIpc) is 2.66. The molecule has 1 heterocycles. The van der Waals surface area contributed by atoms with Gasteiger partial charge in [-0.2, -0.15) is 0 Å². The van der Waals surface area contributed by atoms with Crippen molar-refractivity contribution < 1.29 is 35.0 Å². The Morgan fingerprint density at radius 2 is 1.56 bits per heavy atom. The quantitative estimate of drug-likeness (QED) is 0.537. The van der Waals surface area contributed by atoms with Crippen LogP contribution in [-0.4, -0.2) is 62.8 Å². The van der Waals surface area contributed by atoms with Gasteiger partial charge in [0.25, 0.3) is 0 Å². The zero-order valence-electron chi connectivity index (χ0n) is 15.6. The lowest BCUT2D eigenvalue weighted by Gasteiger charge is -2.39. The van der Waals surface area contributed by atoms with E-state index >= 15 is 0 Å². The third-order valence-corrected chi connectivity index (χ3v) is 3.51. The second-order valence-corrected chi connectivity index (χ2v) is 5.07. The van der Waals surface area contributed by atoms with Crippen LogP contribution in [-0.2, 0) is 11.3 Å². The predicted molar refractivity (Wildman–Crippen MR) is 94.2 cm³/mol. The SMILES string of the molecule is CC.CC.Cc1cc(CO)ccc1OC1OC(CO)C(O)C(O)C1O. The van der Waals surface area contributed by atoms with Crippen molar-refractivity contribution in [1.82, 2.24) is 0 Å². The Morgan fingerprint density at radius 3 is 2.04 bits per heavy atom. The molecule has 5 atom stereocenters. The Balaban J connectivity index is 0.00000134. The fourth-order valence-corrected chi connectivity index (χ4v) is 2.23. The topological polar surface area (TPSA) is 120 Å². The van der Waals surface area contributed by atoms with Gasteiger partial charge in [0.1, 0.15) is 30.2 Å². The third-order valence-electron chi connectivity index (χ3n) is 3.51. The molecule has 0 bridgehead atoms. The summed E-state index contributed by atoms with van der Waals surface area (Å²) in [6, 6.07) is 4.99. The van der Waals surface area contributed by atoms with Crippen molar-refractivity contribution in [3.05, 3.63) is 29.3 Å². The molecule has 0 radical (unpaired) electrons. The summed E-state index contributed by atoms with van der Waals surface area (Å²) >= 11 is 0. The summed E-state index contributed by atoms with van der Waals surface area (Å²) in [5.74, 6) is 0.413. The maximum Gasteiger partial charge on any atom is 0.229 e. The fourth-order valence-electron chi connectivity index (χ4n) is 2.23. The molecule has 0 spiro atoms. The average molecular weight is 360 g/mol. The van der Waals surface area contributed by atoms with Gasteiger partial charge in [-0.1, -0.05) is 39.8 Å². The van der Waals surface area contributed by atoms with E-state index in [0.29, 0.717) is 11.3 Å². The molecule has 0 aromatic heterocycles. The minimum atomic E-state index is -1.47. The Bertz CT molecular complexity index is 478. The molecule has 0 amide bonds. The summed E-state index contributed by atoms with van der Waals surface area (Å²) < 4.78 is 10.8. The van der Waals surface area contributed by atoms with Crippen molar-refractivity contribution in [2.45, 2.75) is 71.9 Å². The zero-order valence-corrected chi connectivity index (χ0v) is 15.6. The first-order valence-corrected chi connectivity index (χ1v) is 8.65. The minimum absolute atomic E-state index is 0.0961. The van der Waals surface area contributed by atoms with E-state index in [1.807, 2.05) is 27.7 Å². The number of ether oxygens (including phenoxy) is 2. The molecule has 146 valence electrons. The molecule has 1 aromatic rings. The van der Waals surface area contributed by atoms with Crippen molar-refractivity contribution >= 4 is 0 Å². The number of aryl methyl sites for hydroxylation is 1. The van der Waals surface area contributed by atoms with E-state index in [2.05, 4.69) is 0 Å². The molecule has 2 rings (SSSR count). The van der Waals surface area contributed by atoms with Gasteiger partial charge in [0.15, 0.2) is 0 Å². The lowest BCUT2D eigenvalue weighted by atomic mass is 9.99. The van der Waals surface area contributed by atoms with Gasteiger partial charge in [0.2, 0.25) is 6.29 Å². The van der Waals surface area contributed by atoms with Crippen LogP contribution in [0.4, 0.5) is 0 Å². The van der Waals surface area contributed by atoms with Gasteiger partial charge >= 0.3 is 0 Å². The molecule has 7 heteroatoms. The number of hydrogen-bond acceptors (Lipinski definition) is 7. The largest absolute Gasteiger partial charge is 0.462 e. The van der Waals surface area contributed by atoms with Crippen LogP contribution >= 0.6 is 0 Å². The number of benzene rings is 1. The van der Waals surface area contributed by atoms with E-state index < -0.39 is 37.3 Å². The number of rotatable bonds is 4. The molecule has 1 fully saturated rings. The first kappa shape index (κ1) is 23.8. The summed E-state index contributed by atoms with van der Waals surface area (Å²) in [6.07, 6.45) is -6.55. The Hall–Kier alpha value is -1.22. The Kier molecular flexibility index (Phi) is 11.6. The summed E-state index contributed by atoms with van der Waals surface area (Å²) in [4.78, 5) is 0. The van der Waals surface area contributed by atoms with Gasteiger partial charge in [-0.3, -0.25) is 0 Å². The molecule has 5 N–H and O–H groups in total. The third kappa shape index (κ3) is 6.22. The van der Waals surface area contributed by atoms with Crippen molar-refractivity contribution in [1.29, 1.82) is 0 Å². The van der Waals surface area contributed by atoms with E-state index in [0.717, 1.165) is 5.56 Å². The van der Waals surface area contributed by atoms with Crippen LogP contribution in [0.5, 0.6) is 5.75 Å². The minimum Gasteiger partial charge on any atom is -0.462 e. The maximum atomic E-state index is 9.89. The van der Waals surface area contributed by atoms with Gasteiger partial charge in [-0.05, 0) is 24.1 Å². The summed E-state index contributed by atoms with van der Waals surface area (Å²) in [5, 5.41) is 47.4. The lowest BCUT2D eigenvalue weighted by molar-refractivity contribution is -0.277. The van der Waals surface area contributed by atoms with Crippen LogP contribution in [0.15, 0.2) is 18.2 Å². The second kappa shape index (κ2) is 12.2. The van der Waals surface area contributed by atoms with Crippen LogP contribution in [0, 0.1) is 6.92 Å². The normalized spacial score (nSPS) is 28.2. The van der Waals surface area contributed by atoms with Crippen LogP contribution in [0.2, 0.25) is 0 Å². The molecule has 7 nitrogen and oxygen atoms in total. The fraction of sp³-hybridized carbons (Fsp3) is 0.667. The van der Waals surface area contributed by atoms with Crippen LogP contribution < -0.4 is 4.74 Å². The smallest absolute Gasteiger partial charge is 0.229 e. The Morgan fingerprint density at radius 1 is 0.960 bits per heavy atom. The standard InChI is InChI=1S/C14H20O7.2C2H6/c1-7-4-8(5-15)2-3-9(7)20-14-13(19)12(18)11(17)10(6-16)21-14;2*1-2/h2-4,10-19H,5-6H2,1H3;2*1-2H3. The van der Waals surface area contributed by atoms with Gasteiger partial charge in [-0.15, -0.1) is 0 Å². The summed E-state index contributed by atoms with van der Waals surface area (Å²) in [5.41, 5.74) is 1.44. The lowest BCUT2D eigenvalue weighted by Crippen LogP contribution is -2.60. The highest BCUT2D eigenvalue weighted by atomic mass is 16.7. The van der Waals surface area contributed by atoms with E-state index in [4.69, 9.17) is 19.7 Å². The Labute approximate surface area is 149 Å². The second-order valence-electron chi connectivity index (χ2n) is 5.07. The first-order chi connectivity index (χ1) is 12.0. The first-order valence-electron chi connectivity index (χ1n) is 8.65. The molecular weight excluding hydrogens is 328 g/mol. The monoisotopic (exact) mass is 360 g/mol. The van der Waals surface area contributed by atoms with Crippen LogP contribution in [0.1, 0.15) is 38.8 Å². The molecule has 25 heavy (non-hydrogen) atoms. The highest BCUT2D eigenvalue weighted by molar-refractivity contribution is 5.36. The van der Waals surface area contributed by atoms with E-state index in [9.17, 15) is 15.3 Å². The molecular formula is C18H32O7. The maximum absolute atomic E-state index is 9.89. The van der Waals surface area contributed by atoms with Crippen LogP contribution in [0.3, 0.4) is 0 Å². The van der Waals surface area contributed by atoms with Crippen LogP contribution in [0.25, 0.3) is 0 Å². The van der Waals surface area contributed by atoms with Crippen molar-refractivity contribution in [2.75, 3.05) is 6.61 Å². The highest BCUT2D eigenvalue weighted by Gasteiger charge is 2.44. The van der Waals surface area contributed by atoms with E-state index in [-0.39, 0.29) is 6.61 Å². The molecule has 0 saturated carbocycles. The molecule has 1 aromatic carbocycles. The van der Waals surface area contributed by atoms with Gasteiger partial charge in [0, 0.05) is 0 Å². The predicted octanol–water partition coefficient (Wildman–Crippen LogP) is 0.718. The number of aliphatic hydroxyl groups excluding tert-OH is 5. The zero-order chi connectivity index (χ0) is 19.6. The molecule has 5 unspecified atom stereocenters. The van der Waals surface area contributed by atoms with Crippen molar-refractivity contribution in [3.8, 4) is 5.75 Å².